The van der Waals surface area contributed by atoms with Crippen LogP contribution in [0, 0.1) is 6.92 Å². The zero-order chi connectivity index (χ0) is 19.2. The van der Waals surface area contributed by atoms with Gasteiger partial charge in [-0.1, -0.05) is 36.4 Å². The average molecular weight is 367 g/mol. The van der Waals surface area contributed by atoms with Gasteiger partial charge in [-0.15, -0.1) is 0 Å². The minimum Gasteiger partial charge on any atom is -0.494 e. The number of hydrogen-bond donors (Lipinski definition) is 1. The van der Waals surface area contributed by atoms with E-state index < -0.39 is 0 Å². The summed E-state index contributed by atoms with van der Waals surface area (Å²) < 4.78 is 5.53. The second-order valence-corrected chi connectivity index (χ2v) is 7.28. The zero-order valence-electron chi connectivity index (χ0n) is 16.6. The van der Waals surface area contributed by atoms with Crippen molar-refractivity contribution in [2.45, 2.75) is 45.7 Å². The van der Waals surface area contributed by atoms with Gasteiger partial charge in [-0.3, -0.25) is 9.69 Å². The van der Waals surface area contributed by atoms with E-state index in [2.05, 4.69) is 41.4 Å². The number of aryl methyl sites for hydroxylation is 1. The zero-order valence-corrected chi connectivity index (χ0v) is 16.6. The maximum Gasteiger partial charge on any atom is 0.234 e. The van der Waals surface area contributed by atoms with Crippen molar-refractivity contribution in [1.29, 1.82) is 0 Å². The van der Waals surface area contributed by atoms with Gasteiger partial charge in [0.1, 0.15) is 5.75 Å². The van der Waals surface area contributed by atoms with Crippen molar-refractivity contribution in [3.63, 3.8) is 0 Å². The summed E-state index contributed by atoms with van der Waals surface area (Å²) in [6, 6.07) is 16.8. The molecule has 1 amide bonds. The van der Waals surface area contributed by atoms with Crippen LogP contribution in [0.15, 0.2) is 48.5 Å². The minimum absolute atomic E-state index is 0.0187. The van der Waals surface area contributed by atoms with Crippen LogP contribution in [0.1, 0.15) is 55.5 Å². The molecule has 1 aliphatic rings. The van der Waals surface area contributed by atoms with Crippen molar-refractivity contribution in [3.05, 3.63) is 65.2 Å². The Morgan fingerprint density at radius 3 is 2.67 bits per heavy atom. The van der Waals surface area contributed by atoms with Crippen molar-refractivity contribution >= 4 is 5.91 Å². The highest BCUT2D eigenvalue weighted by atomic mass is 16.5. The van der Waals surface area contributed by atoms with Gasteiger partial charge in [0.05, 0.1) is 19.2 Å². The molecule has 27 heavy (non-hydrogen) atoms. The Balaban J connectivity index is 1.60. The van der Waals surface area contributed by atoms with Gasteiger partial charge in [-0.2, -0.15) is 0 Å². The molecular formula is C23H30N2O2. The number of rotatable bonds is 7. The van der Waals surface area contributed by atoms with Gasteiger partial charge in [-0.05, 0) is 69.0 Å². The molecule has 2 aromatic rings. The first-order chi connectivity index (χ1) is 13.1. The van der Waals surface area contributed by atoms with Gasteiger partial charge in [0, 0.05) is 6.04 Å². The van der Waals surface area contributed by atoms with E-state index in [9.17, 15) is 4.79 Å². The van der Waals surface area contributed by atoms with Gasteiger partial charge in [0.2, 0.25) is 5.91 Å². The van der Waals surface area contributed by atoms with Crippen molar-refractivity contribution in [1.82, 2.24) is 10.2 Å². The molecule has 0 aromatic heterocycles. The van der Waals surface area contributed by atoms with Crippen molar-refractivity contribution in [3.8, 4) is 5.75 Å². The number of likely N-dealkylation sites (tertiary alicyclic amines) is 1. The Kier molecular flexibility index (Phi) is 6.51. The molecule has 1 fully saturated rings. The fourth-order valence-corrected chi connectivity index (χ4v) is 3.97. The SMILES string of the molecule is CCOc1ccc([C@@H]2CCCN2CC(=O)N[C@H](C)c2ccccc2C)cc1. The Labute approximate surface area is 162 Å². The molecule has 0 radical (unpaired) electrons. The standard InChI is InChI=1S/C23H30N2O2/c1-4-27-20-13-11-19(12-14-20)22-10-7-15-25(22)16-23(26)24-18(3)21-9-6-5-8-17(21)2/h5-6,8-9,11-14,18,22H,4,7,10,15-16H2,1-3H3,(H,24,26)/t18-,22+/m1/s1. The van der Waals surface area contributed by atoms with Crippen LogP contribution in [0.2, 0.25) is 0 Å². The lowest BCUT2D eigenvalue weighted by atomic mass is 10.0. The first-order valence-corrected chi connectivity index (χ1v) is 9.90. The molecule has 0 saturated carbocycles. The molecule has 2 atom stereocenters. The van der Waals surface area contributed by atoms with Crippen LogP contribution in [0.4, 0.5) is 0 Å². The van der Waals surface area contributed by atoms with E-state index in [1.807, 2.05) is 38.1 Å². The molecule has 4 heteroatoms. The number of benzene rings is 2. The van der Waals surface area contributed by atoms with Crippen LogP contribution in [0.3, 0.4) is 0 Å². The van der Waals surface area contributed by atoms with Crippen molar-refractivity contribution < 1.29 is 9.53 Å². The quantitative estimate of drug-likeness (QED) is 0.789. The Hall–Kier alpha value is -2.33. The molecule has 4 nitrogen and oxygen atoms in total. The monoisotopic (exact) mass is 366 g/mol. The van der Waals surface area contributed by atoms with Gasteiger partial charge in [-0.25, -0.2) is 0 Å². The summed E-state index contributed by atoms with van der Waals surface area (Å²) in [6.45, 7) is 8.20. The normalized spacial score (nSPS) is 18.3. The summed E-state index contributed by atoms with van der Waals surface area (Å²) in [5.74, 6) is 0.985. The first kappa shape index (κ1) is 19.4. The second-order valence-electron chi connectivity index (χ2n) is 7.28. The van der Waals surface area contributed by atoms with Crippen LogP contribution >= 0.6 is 0 Å². The summed E-state index contributed by atoms with van der Waals surface area (Å²) in [5.41, 5.74) is 3.64. The Bertz CT molecular complexity index is 757. The Morgan fingerprint density at radius 2 is 1.96 bits per heavy atom. The average Bonchev–Trinajstić information content (AvgIpc) is 3.11. The smallest absolute Gasteiger partial charge is 0.234 e. The van der Waals surface area contributed by atoms with Crippen LogP contribution in [-0.4, -0.2) is 30.5 Å². The molecule has 1 saturated heterocycles. The topological polar surface area (TPSA) is 41.6 Å². The molecule has 0 aliphatic carbocycles. The lowest BCUT2D eigenvalue weighted by Gasteiger charge is -2.25. The summed E-state index contributed by atoms with van der Waals surface area (Å²) in [4.78, 5) is 14.9. The van der Waals surface area contributed by atoms with E-state index >= 15 is 0 Å². The molecular weight excluding hydrogens is 336 g/mol. The van der Waals surface area contributed by atoms with E-state index in [0.29, 0.717) is 19.2 Å². The van der Waals surface area contributed by atoms with E-state index in [1.165, 1.54) is 16.7 Å². The van der Waals surface area contributed by atoms with Gasteiger partial charge < -0.3 is 10.1 Å². The number of carbonyl (C=O) groups excluding carboxylic acids is 1. The minimum atomic E-state index is 0.0187. The number of hydrogen-bond acceptors (Lipinski definition) is 3. The first-order valence-electron chi connectivity index (χ1n) is 9.90. The van der Waals surface area contributed by atoms with Gasteiger partial charge in [0.25, 0.3) is 0 Å². The number of nitrogens with one attached hydrogen (secondary N) is 1. The third kappa shape index (κ3) is 4.89. The van der Waals surface area contributed by atoms with Crippen molar-refractivity contribution in [2.75, 3.05) is 19.7 Å². The number of ether oxygens (including phenoxy) is 1. The lowest BCUT2D eigenvalue weighted by molar-refractivity contribution is -0.123. The highest BCUT2D eigenvalue weighted by Crippen LogP contribution is 2.32. The Morgan fingerprint density at radius 1 is 1.22 bits per heavy atom. The maximum atomic E-state index is 12.6. The largest absolute Gasteiger partial charge is 0.494 e. The highest BCUT2D eigenvalue weighted by Gasteiger charge is 2.28. The molecule has 2 aromatic carbocycles. The summed E-state index contributed by atoms with van der Waals surface area (Å²) in [6.07, 6.45) is 2.22. The fourth-order valence-electron chi connectivity index (χ4n) is 3.97. The van der Waals surface area contributed by atoms with Crippen LogP contribution in [0.25, 0.3) is 0 Å². The highest BCUT2D eigenvalue weighted by molar-refractivity contribution is 5.78. The maximum absolute atomic E-state index is 12.6. The molecule has 1 N–H and O–H groups in total. The summed E-state index contributed by atoms with van der Waals surface area (Å²) in [7, 11) is 0. The van der Waals surface area contributed by atoms with E-state index in [4.69, 9.17) is 4.74 Å². The third-order valence-corrected chi connectivity index (χ3v) is 5.32. The van der Waals surface area contributed by atoms with Crippen LogP contribution in [0.5, 0.6) is 5.75 Å². The van der Waals surface area contributed by atoms with Crippen molar-refractivity contribution in [2.24, 2.45) is 0 Å². The molecule has 0 unspecified atom stereocenters. The summed E-state index contributed by atoms with van der Waals surface area (Å²) in [5, 5.41) is 3.16. The predicted molar refractivity (Wildman–Crippen MR) is 109 cm³/mol. The summed E-state index contributed by atoms with van der Waals surface area (Å²) >= 11 is 0. The second kappa shape index (κ2) is 9.05. The van der Waals surface area contributed by atoms with E-state index in [-0.39, 0.29) is 11.9 Å². The number of carbonyl (C=O) groups is 1. The van der Waals surface area contributed by atoms with Gasteiger partial charge in [0.15, 0.2) is 0 Å². The molecule has 0 spiro atoms. The van der Waals surface area contributed by atoms with Crippen LogP contribution in [-0.2, 0) is 4.79 Å². The van der Waals surface area contributed by atoms with Gasteiger partial charge >= 0.3 is 0 Å². The molecule has 0 bridgehead atoms. The predicted octanol–water partition coefficient (Wildman–Crippen LogP) is 4.41. The van der Waals surface area contributed by atoms with E-state index in [1.54, 1.807) is 0 Å². The lowest BCUT2D eigenvalue weighted by Crippen LogP contribution is -2.38. The van der Waals surface area contributed by atoms with Crippen LogP contribution < -0.4 is 10.1 Å². The number of nitrogens with zero attached hydrogens (tertiary/aromatic N) is 1. The molecule has 3 rings (SSSR count). The molecule has 1 heterocycles. The third-order valence-electron chi connectivity index (χ3n) is 5.32. The fraction of sp³-hybridized carbons (Fsp3) is 0.435. The van der Waals surface area contributed by atoms with E-state index in [0.717, 1.165) is 25.1 Å². The number of amides is 1. The molecule has 144 valence electrons. The molecule has 1 aliphatic heterocycles.